The highest BCUT2D eigenvalue weighted by molar-refractivity contribution is 9.10. The summed E-state index contributed by atoms with van der Waals surface area (Å²) in [4.78, 5) is 22.6. The number of aryl methyl sites for hydroxylation is 1. The molecule has 34 heavy (non-hydrogen) atoms. The molecule has 0 bridgehead atoms. The topological polar surface area (TPSA) is 95.3 Å². The lowest BCUT2D eigenvalue weighted by Gasteiger charge is -2.22. The van der Waals surface area contributed by atoms with Crippen molar-refractivity contribution in [2.45, 2.75) is 25.7 Å². The first kappa shape index (κ1) is 22.1. The molecule has 0 saturated heterocycles. The van der Waals surface area contributed by atoms with Gasteiger partial charge in [0.2, 0.25) is 5.91 Å². The van der Waals surface area contributed by atoms with Crippen molar-refractivity contribution < 1.29 is 15.0 Å². The van der Waals surface area contributed by atoms with E-state index in [1.807, 2.05) is 54.6 Å². The van der Waals surface area contributed by atoms with E-state index < -0.39 is 0 Å². The maximum Gasteiger partial charge on any atom is 0.229 e. The number of anilines is 1. The normalized spacial score (nSPS) is 12.0. The number of aromatic hydroxyl groups is 2. The summed E-state index contributed by atoms with van der Waals surface area (Å²) >= 11 is 3.41. The van der Waals surface area contributed by atoms with Crippen molar-refractivity contribution in [1.82, 2.24) is 9.97 Å². The van der Waals surface area contributed by atoms with Crippen molar-refractivity contribution in [3.63, 3.8) is 0 Å². The lowest BCUT2D eigenvalue weighted by Crippen LogP contribution is -2.20. The zero-order chi connectivity index (χ0) is 23.7. The van der Waals surface area contributed by atoms with Gasteiger partial charge in [-0.2, -0.15) is 0 Å². The Kier molecular flexibility index (Phi) is 6.02. The van der Waals surface area contributed by atoms with Crippen LogP contribution in [0.1, 0.15) is 28.1 Å². The first-order chi connectivity index (χ1) is 16.5. The highest BCUT2D eigenvalue weighted by Gasteiger charge is 2.25. The van der Waals surface area contributed by atoms with Gasteiger partial charge >= 0.3 is 0 Å². The Hall–Kier alpha value is -3.71. The van der Waals surface area contributed by atoms with Crippen molar-refractivity contribution in [1.29, 1.82) is 0 Å². The largest absolute Gasteiger partial charge is 0.504 e. The minimum Gasteiger partial charge on any atom is -0.504 e. The molecule has 5 rings (SSSR count). The molecule has 6 nitrogen and oxygen atoms in total. The van der Waals surface area contributed by atoms with Gasteiger partial charge in [0, 0.05) is 22.0 Å². The van der Waals surface area contributed by atoms with Crippen LogP contribution in [-0.4, -0.2) is 26.1 Å². The van der Waals surface area contributed by atoms with Gasteiger partial charge in [0.25, 0.3) is 0 Å². The fourth-order valence-corrected chi connectivity index (χ4v) is 4.48. The number of benzene rings is 3. The highest BCUT2D eigenvalue weighted by Crippen LogP contribution is 2.41. The number of carbonyl (C=O) groups excluding carboxylic acids is 1. The summed E-state index contributed by atoms with van der Waals surface area (Å²) in [7, 11) is 0. The van der Waals surface area contributed by atoms with E-state index in [1.54, 1.807) is 6.07 Å². The molecule has 1 amide bonds. The summed E-state index contributed by atoms with van der Waals surface area (Å²) in [6.07, 6.45) is 1.80. The molecule has 1 aliphatic carbocycles. The number of amides is 1. The number of nitrogens with zero attached hydrogens (tertiary/aromatic N) is 2. The van der Waals surface area contributed by atoms with Gasteiger partial charge in [-0.1, -0.05) is 58.4 Å². The lowest BCUT2D eigenvalue weighted by atomic mass is 9.90. The number of nitrogens with one attached hydrogen (secondary N) is 1. The van der Waals surface area contributed by atoms with Gasteiger partial charge in [0.05, 0.1) is 23.5 Å². The maximum absolute atomic E-state index is 12.9. The predicted molar refractivity (Wildman–Crippen MR) is 134 cm³/mol. The van der Waals surface area contributed by atoms with Gasteiger partial charge in [-0.3, -0.25) is 4.79 Å². The molecule has 0 unspecified atom stereocenters. The van der Waals surface area contributed by atoms with Gasteiger partial charge in [0.1, 0.15) is 0 Å². The van der Waals surface area contributed by atoms with E-state index in [4.69, 9.17) is 9.97 Å². The van der Waals surface area contributed by atoms with Crippen LogP contribution in [-0.2, 0) is 30.5 Å². The number of aromatic nitrogens is 2. The van der Waals surface area contributed by atoms with Crippen molar-refractivity contribution in [2.24, 2.45) is 0 Å². The minimum absolute atomic E-state index is 0.110. The third kappa shape index (κ3) is 4.52. The Morgan fingerprint density at radius 3 is 2.44 bits per heavy atom. The molecular weight excluding hydrogens is 494 g/mol. The Morgan fingerprint density at radius 1 is 0.912 bits per heavy atom. The molecule has 170 valence electrons. The van der Waals surface area contributed by atoms with Gasteiger partial charge < -0.3 is 15.5 Å². The molecule has 1 aliphatic rings. The Balaban J connectivity index is 1.52. The van der Waals surface area contributed by atoms with Crippen LogP contribution in [0.25, 0.3) is 11.3 Å². The van der Waals surface area contributed by atoms with Crippen LogP contribution in [0.2, 0.25) is 0 Å². The van der Waals surface area contributed by atoms with Crippen LogP contribution in [0, 0.1) is 0 Å². The number of fused-ring (bicyclic) bond motifs is 3. The SMILES string of the molecule is O=C(Cc1ccc(Br)cc1)Nc1nc2c(nc1Cc1ccccc1)-c1ccc(O)c(O)c1CC2. The first-order valence-corrected chi connectivity index (χ1v) is 11.8. The summed E-state index contributed by atoms with van der Waals surface area (Å²) < 4.78 is 0.960. The second kappa shape index (κ2) is 9.27. The maximum atomic E-state index is 12.9. The number of carbonyl (C=O) groups is 1. The number of halogens is 1. The fraction of sp³-hybridized carbons (Fsp3) is 0.148. The van der Waals surface area contributed by atoms with E-state index in [1.165, 1.54) is 6.07 Å². The van der Waals surface area contributed by atoms with Gasteiger partial charge in [-0.05, 0) is 48.2 Å². The van der Waals surface area contributed by atoms with E-state index in [2.05, 4.69) is 21.2 Å². The molecule has 0 spiro atoms. The second-order valence-electron chi connectivity index (χ2n) is 8.29. The van der Waals surface area contributed by atoms with Gasteiger partial charge in [-0.15, -0.1) is 0 Å². The average Bonchev–Trinajstić information content (AvgIpc) is 2.84. The quantitative estimate of drug-likeness (QED) is 0.318. The average molecular weight is 516 g/mol. The zero-order valence-electron chi connectivity index (χ0n) is 18.3. The number of phenolic OH excluding ortho intramolecular Hbond substituents is 2. The highest BCUT2D eigenvalue weighted by atomic mass is 79.9. The minimum atomic E-state index is -0.162. The zero-order valence-corrected chi connectivity index (χ0v) is 19.8. The third-order valence-electron chi connectivity index (χ3n) is 5.92. The van der Waals surface area contributed by atoms with E-state index >= 15 is 0 Å². The second-order valence-corrected chi connectivity index (χ2v) is 9.20. The van der Waals surface area contributed by atoms with E-state index in [-0.39, 0.29) is 23.8 Å². The van der Waals surface area contributed by atoms with E-state index in [9.17, 15) is 15.0 Å². The summed E-state index contributed by atoms with van der Waals surface area (Å²) in [5, 5.41) is 23.2. The third-order valence-corrected chi connectivity index (χ3v) is 6.45. The van der Waals surface area contributed by atoms with Crippen LogP contribution in [0.5, 0.6) is 11.5 Å². The van der Waals surface area contributed by atoms with Crippen molar-refractivity contribution >= 4 is 27.7 Å². The van der Waals surface area contributed by atoms with E-state index in [0.29, 0.717) is 42.0 Å². The van der Waals surface area contributed by atoms with Gasteiger partial charge in [0.15, 0.2) is 17.3 Å². The predicted octanol–water partition coefficient (Wildman–Crippen LogP) is 5.19. The van der Waals surface area contributed by atoms with Crippen molar-refractivity contribution in [3.05, 3.63) is 99.3 Å². The smallest absolute Gasteiger partial charge is 0.229 e. The molecule has 0 atom stereocenters. The monoisotopic (exact) mass is 515 g/mol. The van der Waals surface area contributed by atoms with Crippen LogP contribution < -0.4 is 5.32 Å². The van der Waals surface area contributed by atoms with Crippen LogP contribution in [0.15, 0.2) is 71.2 Å². The molecule has 1 heterocycles. The Labute approximate surface area is 205 Å². The van der Waals surface area contributed by atoms with Crippen LogP contribution >= 0.6 is 15.9 Å². The number of rotatable bonds is 5. The molecule has 3 N–H and O–H groups in total. The molecule has 0 aliphatic heterocycles. The molecule has 4 aromatic rings. The number of hydrogen-bond acceptors (Lipinski definition) is 5. The van der Waals surface area contributed by atoms with Crippen molar-refractivity contribution in [2.75, 3.05) is 5.32 Å². The Morgan fingerprint density at radius 2 is 1.68 bits per heavy atom. The standard InChI is InChI=1S/C27H22BrN3O3/c28-18-8-6-17(7-9-18)15-24(33)31-27-22(14-16-4-2-1-3-5-16)29-25-19-11-13-23(32)26(34)20(19)10-12-21(25)30-27/h1-9,11,13,32,34H,10,12,14-15H2,(H,30,31,33). The lowest BCUT2D eigenvalue weighted by molar-refractivity contribution is -0.115. The summed E-state index contributed by atoms with van der Waals surface area (Å²) in [6, 6.07) is 20.8. The number of phenols is 2. The van der Waals surface area contributed by atoms with Crippen LogP contribution in [0.3, 0.4) is 0 Å². The summed E-state index contributed by atoms with van der Waals surface area (Å²) in [5.74, 6) is 0.0405. The van der Waals surface area contributed by atoms with Gasteiger partial charge in [-0.25, -0.2) is 9.97 Å². The molecule has 1 aromatic heterocycles. The van der Waals surface area contributed by atoms with E-state index in [0.717, 1.165) is 26.9 Å². The molecule has 0 fully saturated rings. The fourth-order valence-electron chi connectivity index (χ4n) is 4.21. The molecular formula is C27H22BrN3O3. The Bertz CT molecular complexity index is 1370. The molecule has 7 heteroatoms. The summed E-state index contributed by atoms with van der Waals surface area (Å²) in [6.45, 7) is 0. The summed E-state index contributed by atoms with van der Waals surface area (Å²) in [5.41, 5.74) is 5.45. The molecule has 0 radical (unpaired) electrons. The number of hydrogen-bond donors (Lipinski definition) is 3. The van der Waals surface area contributed by atoms with Crippen LogP contribution in [0.4, 0.5) is 5.82 Å². The molecule has 0 saturated carbocycles. The first-order valence-electron chi connectivity index (χ1n) is 11.0. The van der Waals surface area contributed by atoms with Crippen molar-refractivity contribution in [3.8, 4) is 22.8 Å². The molecule has 3 aromatic carbocycles.